The fourth-order valence-electron chi connectivity index (χ4n) is 5.08. The molecule has 0 aliphatic carbocycles. The molecule has 0 saturated carbocycles. The minimum Gasteiger partial charge on any atom is -0.508 e. The number of benzene rings is 1. The van der Waals surface area contributed by atoms with Gasteiger partial charge in [0, 0.05) is 25.1 Å². The summed E-state index contributed by atoms with van der Waals surface area (Å²) in [5, 5.41) is 64.1. The number of carboxylic acid groups (broad SMARTS) is 2. The first-order valence-electron chi connectivity index (χ1n) is 18.6. The Labute approximate surface area is 354 Å². The molecule has 0 aliphatic rings. The summed E-state index contributed by atoms with van der Waals surface area (Å²) in [6.45, 7) is 0.560. The molecule has 1 aromatic carbocycles. The summed E-state index contributed by atoms with van der Waals surface area (Å²) < 4.78 is 0. The van der Waals surface area contributed by atoms with Gasteiger partial charge in [-0.15, -0.1) is 0 Å². The molecule has 7 amide bonds. The van der Waals surface area contributed by atoms with Crippen LogP contribution in [0.5, 0.6) is 5.75 Å². The van der Waals surface area contributed by atoms with E-state index in [0.717, 1.165) is 6.92 Å². The van der Waals surface area contributed by atoms with Crippen LogP contribution in [0.3, 0.4) is 0 Å². The van der Waals surface area contributed by atoms with Crippen molar-refractivity contribution >= 4 is 71.9 Å². The third kappa shape index (κ3) is 20.0. The van der Waals surface area contributed by atoms with E-state index in [1.54, 1.807) is 0 Å². The molecule has 1 rings (SSSR count). The van der Waals surface area contributed by atoms with Crippen LogP contribution in [0.1, 0.15) is 45.1 Å². The Morgan fingerprint density at radius 3 is 1.80 bits per heavy atom. The summed E-state index contributed by atoms with van der Waals surface area (Å²) in [7, 11) is 0. The zero-order valence-electron chi connectivity index (χ0n) is 33.3. The van der Waals surface area contributed by atoms with E-state index in [2.05, 4.69) is 54.8 Å². The molecule has 0 saturated heterocycles. The number of aliphatic hydroxyl groups excluding tert-OH is 2. The van der Waals surface area contributed by atoms with Crippen LogP contribution >= 0.6 is 12.6 Å². The van der Waals surface area contributed by atoms with Gasteiger partial charge in [-0.2, -0.15) is 12.6 Å². The first kappa shape index (κ1) is 52.8. The maximum atomic E-state index is 13.8. The van der Waals surface area contributed by atoms with Crippen LogP contribution in [-0.2, 0) is 49.6 Å². The molecule has 0 unspecified atom stereocenters. The van der Waals surface area contributed by atoms with Crippen LogP contribution in [0.2, 0.25) is 0 Å². The Hall–Kier alpha value is -6.25. The number of carbonyl (C=O) groups excluding carboxylic acids is 7. The summed E-state index contributed by atoms with van der Waals surface area (Å²) in [6.07, 6.45) is -2.62. The van der Waals surface area contributed by atoms with E-state index in [9.17, 15) is 58.5 Å². The molecule has 0 aromatic heterocycles. The average Bonchev–Trinajstić information content (AvgIpc) is 3.19. The lowest BCUT2D eigenvalue weighted by Crippen LogP contribution is -2.62. The number of phenols is 1. The minimum atomic E-state index is -1.78. The highest BCUT2D eigenvalue weighted by Gasteiger charge is 2.34. The monoisotopic (exact) mass is 885 g/mol. The molecule has 61 heavy (non-hydrogen) atoms. The summed E-state index contributed by atoms with van der Waals surface area (Å²) in [5.74, 6) is -10.2. The van der Waals surface area contributed by atoms with Crippen LogP contribution < -0.4 is 54.4 Å². The first-order chi connectivity index (χ1) is 28.6. The number of nitrogens with two attached hydrogens (primary N) is 3. The number of carboxylic acids is 2. The number of aliphatic hydroxyl groups is 2. The Balaban J connectivity index is 3.30. The van der Waals surface area contributed by atoms with E-state index in [0.29, 0.717) is 5.56 Å². The SMILES string of the molecule is C[C@H](NC(=O)[C@@H](N)CCC(=O)O)C(=O)N[C@H](C(=O)N[C@@H](Cc1ccc(O)cc1)C(=O)N[C@@H](CO)C(=O)N[C@@H](CCCN=C(N)N)C(=O)N[C@@H](CS)C(=O)NCC(=O)O)[C@@H](C)O. The number of thiol groups is 1. The van der Waals surface area contributed by atoms with Crippen LogP contribution in [0.25, 0.3) is 0 Å². The quantitative estimate of drug-likeness (QED) is 0.0169. The van der Waals surface area contributed by atoms with Gasteiger partial charge < -0.3 is 80.0 Å². The minimum absolute atomic E-state index is 0.0000977. The highest BCUT2D eigenvalue weighted by atomic mass is 32.1. The normalized spacial score (nSPS) is 14.7. The first-order valence-corrected chi connectivity index (χ1v) is 19.2. The number of aliphatic carboxylic acids is 2. The largest absolute Gasteiger partial charge is 0.508 e. The van der Waals surface area contributed by atoms with Crippen molar-refractivity contribution in [2.75, 3.05) is 25.4 Å². The number of aliphatic imine (C=N–C) groups is 1. The van der Waals surface area contributed by atoms with Crippen molar-refractivity contribution in [3.05, 3.63) is 29.8 Å². The summed E-state index contributed by atoms with van der Waals surface area (Å²) in [6, 6.07) is -5.16. The van der Waals surface area contributed by atoms with Gasteiger partial charge in [0.1, 0.15) is 48.5 Å². The Bertz CT molecular complexity index is 1730. The third-order valence-corrected chi connectivity index (χ3v) is 8.82. The van der Waals surface area contributed by atoms with E-state index < -0.39 is 121 Å². The number of nitrogens with zero attached hydrogens (tertiary/aromatic N) is 1. The van der Waals surface area contributed by atoms with Crippen molar-refractivity contribution in [2.24, 2.45) is 22.2 Å². The lowest BCUT2D eigenvalue weighted by atomic mass is 10.0. The molecular weight excluding hydrogens is 831 g/mol. The van der Waals surface area contributed by atoms with Gasteiger partial charge in [-0.05, 0) is 50.8 Å². The van der Waals surface area contributed by atoms with Gasteiger partial charge in [-0.1, -0.05) is 12.1 Å². The van der Waals surface area contributed by atoms with E-state index in [4.69, 9.17) is 27.4 Å². The fourth-order valence-corrected chi connectivity index (χ4v) is 5.34. The highest BCUT2D eigenvalue weighted by Crippen LogP contribution is 2.12. The molecule has 0 heterocycles. The van der Waals surface area contributed by atoms with E-state index in [1.165, 1.54) is 31.2 Å². The third-order valence-electron chi connectivity index (χ3n) is 8.45. The fraction of sp³-hybridized carbons (Fsp3) is 0.543. The summed E-state index contributed by atoms with van der Waals surface area (Å²) >= 11 is 4.02. The number of amides is 7. The van der Waals surface area contributed by atoms with Crippen molar-refractivity contribution < 1.29 is 68.7 Å². The number of phenolic OH excluding ortho intramolecular Hbond substituents is 1. The van der Waals surface area contributed by atoms with Gasteiger partial charge in [0.25, 0.3) is 0 Å². The predicted molar refractivity (Wildman–Crippen MR) is 217 cm³/mol. The van der Waals surface area contributed by atoms with Crippen molar-refractivity contribution in [1.82, 2.24) is 37.2 Å². The molecule has 26 heteroatoms. The van der Waals surface area contributed by atoms with Gasteiger partial charge >= 0.3 is 11.9 Å². The van der Waals surface area contributed by atoms with Crippen molar-refractivity contribution in [1.29, 1.82) is 0 Å². The Morgan fingerprint density at radius 2 is 1.26 bits per heavy atom. The molecule has 340 valence electrons. The van der Waals surface area contributed by atoms with Crippen LogP contribution in [0, 0.1) is 0 Å². The molecule has 0 fully saturated rings. The Kier molecular flexibility index (Phi) is 23.2. The summed E-state index contributed by atoms with van der Waals surface area (Å²) in [4.78, 5) is 117. The molecule has 0 bridgehead atoms. The molecule has 25 nitrogen and oxygen atoms in total. The van der Waals surface area contributed by atoms with E-state index in [-0.39, 0.29) is 49.7 Å². The number of carbonyl (C=O) groups is 9. The molecule has 0 aliphatic heterocycles. The Morgan fingerprint density at radius 1 is 0.705 bits per heavy atom. The van der Waals surface area contributed by atoms with Gasteiger partial charge in [-0.25, -0.2) is 0 Å². The zero-order chi connectivity index (χ0) is 46.4. The zero-order valence-corrected chi connectivity index (χ0v) is 34.2. The van der Waals surface area contributed by atoms with Gasteiger partial charge in [0.15, 0.2) is 5.96 Å². The molecule has 18 N–H and O–H groups in total. The standard InChI is InChI=1S/C35H55N11O14S/c1-16(41-29(55)20(36)9-10-25(50)51)28(54)46-27(17(2)48)34(60)43-22(12-18-5-7-19(49)8-6-18)32(58)44-23(14-47)33(59)42-21(4-3-11-39-35(37)38)31(57)45-24(15-61)30(56)40-13-26(52)53/h5-8,16-17,20-24,27,47-49,61H,3-4,9-15,36H2,1-2H3,(H,40,56)(H,41,55)(H,42,59)(H,43,60)(H,44,58)(H,45,57)(H,46,54)(H,50,51)(H,52,53)(H4,37,38,39)/t16-,17+,20-,21-,22-,23-,24-,27-/m0/s1. The van der Waals surface area contributed by atoms with Gasteiger partial charge in [0.2, 0.25) is 41.4 Å². The predicted octanol–water partition coefficient (Wildman–Crippen LogP) is -6.39. The number of hydrogen-bond donors (Lipinski definition) is 16. The van der Waals surface area contributed by atoms with Gasteiger partial charge in [0.05, 0.1) is 18.8 Å². The van der Waals surface area contributed by atoms with E-state index in [1.807, 2.05) is 0 Å². The van der Waals surface area contributed by atoms with Crippen LogP contribution in [0.4, 0.5) is 0 Å². The van der Waals surface area contributed by atoms with Gasteiger partial charge in [-0.3, -0.25) is 48.1 Å². The van der Waals surface area contributed by atoms with Crippen molar-refractivity contribution in [3.63, 3.8) is 0 Å². The topological polar surface area (TPSA) is 429 Å². The average molecular weight is 886 g/mol. The van der Waals surface area contributed by atoms with Crippen LogP contribution in [-0.4, -0.2) is 159 Å². The molecular formula is C35H55N11O14S. The number of guanidine groups is 1. The van der Waals surface area contributed by atoms with Crippen molar-refractivity contribution in [2.45, 2.75) is 94.3 Å². The second kappa shape index (κ2) is 26.8. The molecule has 1 aromatic rings. The number of hydrogen-bond acceptors (Lipinski definition) is 15. The van der Waals surface area contributed by atoms with E-state index >= 15 is 0 Å². The lowest BCUT2D eigenvalue weighted by Gasteiger charge is -2.27. The number of rotatable bonds is 27. The smallest absolute Gasteiger partial charge is 0.322 e. The second-order valence-corrected chi connectivity index (χ2v) is 13.9. The van der Waals surface area contributed by atoms with Crippen molar-refractivity contribution in [3.8, 4) is 5.75 Å². The summed E-state index contributed by atoms with van der Waals surface area (Å²) in [5.41, 5.74) is 16.7. The highest BCUT2D eigenvalue weighted by molar-refractivity contribution is 7.80. The molecule has 0 radical (unpaired) electrons. The number of nitrogens with one attached hydrogen (secondary N) is 7. The maximum Gasteiger partial charge on any atom is 0.322 e. The number of aromatic hydroxyl groups is 1. The van der Waals surface area contributed by atoms with Crippen LogP contribution in [0.15, 0.2) is 29.3 Å². The molecule has 0 spiro atoms. The second-order valence-electron chi connectivity index (χ2n) is 13.5. The lowest BCUT2D eigenvalue weighted by molar-refractivity contribution is -0.139. The molecule has 8 atom stereocenters. The maximum absolute atomic E-state index is 13.8.